The van der Waals surface area contributed by atoms with Gasteiger partial charge in [0, 0.05) is 17.7 Å². The lowest BCUT2D eigenvalue weighted by molar-refractivity contribution is 0.0980. The van der Waals surface area contributed by atoms with Gasteiger partial charge in [0.05, 0.1) is 11.4 Å². The van der Waals surface area contributed by atoms with Crippen molar-refractivity contribution >= 4 is 22.8 Å². The van der Waals surface area contributed by atoms with Crippen molar-refractivity contribution in [3.8, 4) is 44.9 Å². The van der Waals surface area contributed by atoms with Gasteiger partial charge in [-0.1, -0.05) is 130 Å². The molecule has 0 N–H and O–H groups in total. The van der Waals surface area contributed by atoms with Crippen LogP contribution in [-0.4, -0.2) is 5.78 Å². The van der Waals surface area contributed by atoms with Crippen LogP contribution in [0.1, 0.15) is 50.4 Å². The first-order chi connectivity index (χ1) is 22.7. The number of hydrogen-bond acceptors (Lipinski definition) is 3. The third-order valence-corrected chi connectivity index (χ3v) is 8.25. The van der Waals surface area contributed by atoms with Gasteiger partial charge in [0.2, 0.25) is 0 Å². The number of hydrogen-bond donors (Lipinski definition) is 0. The van der Waals surface area contributed by atoms with Crippen LogP contribution in [0.5, 0.6) is 11.5 Å². The van der Waals surface area contributed by atoms with Gasteiger partial charge >= 0.3 is 0 Å². The second-order valence-corrected chi connectivity index (χ2v) is 11.1. The van der Waals surface area contributed by atoms with Crippen molar-refractivity contribution in [1.29, 1.82) is 0 Å². The molecule has 0 spiro atoms. The first kappa shape index (κ1) is 30.6. The molecule has 0 bridgehead atoms. The minimum Gasteiger partial charge on any atom is -0.453 e. The summed E-state index contributed by atoms with van der Waals surface area (Å²) in [6.45, 7) is 6.12. The number of nitrogens with zero attached hydrogens (tertiary/aromatic N) is 1. The van der Waals surface area contributed by atoms with E-state index < -0.39 is 0 Å². The summed E-state index contributed by atoms with van der Waals surface area (Å²) in [5, 5.41) is 0. The molecule has 7 rings (SSSR count). The monoisotopic (exact) mass is 601 g/mol. The summed E-state index contributed by atoms with van der Waals surface area (Å²) in [6.07, 6.45) is 2.46. The lowest BCUT2D eigenvalue weighted by Crippen LogP contribution is -2.15. The van der Waals surface area contributed by atoms with E-state index in [0.29, 0.717) is 6.42 Å². The second kappa shape index (κ2) is 14.1. The highest BCUT2D eigenvalue weighted by Crippen LogP contribution is 2.51. The van der Waals surface area contributed by atoms with Crippen molar-refractivity contribution in [1.82, 2.24) is 0 Å². The number of unbranched alkanes of at least 4 members (excludes halogenated alkanes) is 1. The maximum Gasteiger partial charge on any atom is 0.162 e. The molecule has 0 amide bonds. The molecule has 6 aromatic rings. The molecule has 0 saturated heterocycles. The minimum atomic E-state index is 0.193. The number of ether oxygens (including phenoxy) is 1. The van der Waals surface area contributed by atoms with E-state index in [1.165, 1.54) is 0 Å². The van der Waals surface area contributed by atoms with Crippen LogP contribution < -0.4 is 9.64 Å². The van der Waals surface area contributed by atoms with E-state index in [-0.39, 0.29) is 5.78 Å². The second-order valence-electron chi connectivity index (χ2n) is 11.1. The lowest BCUT2D eigenvalue weighted by atomic mass is 9.87. The Labute approximate surface area is 272 Å². The molecule has 3 heteroatoms. The molecule has 1 aliphatic rings. The number of Topliss-reactive ketones (excluding diaryl/α,β-unsaturated/α-hetero) is 1. The molecule has 228 valence electrons. The Hall–Kier alpha value is -5.41. The predicted molar refractivity (Wildman–Crippen MR) is 193 cm³/mol. The summed E-state index contributed by atoms with van der Waals surface area (Å²) in [5.74, 6) is 1.84. The van der Waals surface area contributed by atoms with Crippen LogP contribution in [-0.2, 0) is 0 Å². The summed E-state index contributed by atoms with van der Waals surface area (Å²) in [4.78, 5) is 15.4. The molecule has 1 heterocycles. The molecule has 0 unspecified atom stereocenters. The summed E-state index contributed by atoms with van der Waals surface area (Å²) in [5.41, 5.74) is 10.4. The summed E-state index contributed by atoms with van der Waals surface area (Å²) in [7, 11) is 0. The molecular weight excluding hydrogens is 562 g/mol. The fraction of sp³-hybridized carbons (Fsp3) is 0.140. The molecule has 0 atom stereocenters. The van der Waals surface area contributed by atoms with Gasteiger partial charge in [-0.15, -0.1) is 0 Å². The maximum atomic E-state index is 13.1. The van der Waals surface area contributed by atoms with Crippen LogP contribution in [0.25, 0.3) is 33.4 Å². The Morgan fingerprint density at radius 2 is 1.07 bits per heavy atom. The normalized spacial score (nSPS) is 11.4. The van der Waals surface area contributed by atoms with Gasteiger partial charge < -0.3 is 9.64 Å². The smallest absolute Gasteiger partial charge is 0.162 e. The standard InChI is InChI=1S/C41H33NO2.C2H6/c1-2-3-20-39(43)31-23-25-33(35(27-31)29-14-6-4-7-15-29)34-26-24-32(28-36(34)30-16-8-5-9-17-30)42-37-18-10-12-21-40(37)44-41-22-13-11-19-38(41)42;1-2/h4-19,21-28H,2-3,20H2,1H3;1-2H3. The van der Waals surface area contributed by atoms with Gasteiger partial charge in [-0.25, -0.2) is 0 Å². The number of ketones is 1. The first-order valence-electron chi connectivity index (χ1n) is 16.3. The topological polar surface area (TPSA) is 29.5 Å². The Morgan fingerprint density at radius 1 is 0.565 bits per heavy atom. The third-order valence-electron chi connectivity index (χ3n) is 8.25. The Bertz CT molecular complexity index is 1900. The number of carbonyl (C=O) groups is 1. The van der Waals surface area contributed by atoms with Crippen molar-refractivity contribution in [2.24, 2.45) is 0 Å². The van der Waals surface area contributed by atoms with Gasteiger partial charge in [-0.3, -0.25) is 4.79 Å². The van der Waals surface area contributed by atoms with Crippen LogP contribution in [0.15, 0.2) is 146 Å². The molecule has 0 saturated carbocycles. The van der Waals surface area contributed by atoms with Gasteiger partial charge in [0.25, 0.3) is 0 Å². The van der Waals surface area contributed by atoms with Gasteiger partial charge in [0.15, 0.2) is 17.3 Å². The highest BCUT2D eigenvalue weighted by molar-refractivity contribution is 6.01. The summed E-state index contributed by atoms with van der Waals surface area (Å²) in [6, 6.07) is 50.1. The average molecular weight is 602 g/mol. The van der Waals surface area contributed by atoms with E-state index in [4.69, 9.17) is 4.74 Å². The summed E-state index contributed by atoms with van der Waals surface area (Å²) < 4.78 is 6.29. The maximum absolute atomic E-state index is 13.1. The van der Waals surface area contributed by atoms with Crippen LogP contribution in [0, 0.1) is 0 Å². The number of carbonyl (C=O) groups excluding carboxylic acids is 1. The van der Waals surface area contributed by atoms with E-state index in [0.717, 1.165) is 80.3 Å². The Balaban J connectivity index is 0.00000182. The number of para-hydroxylation sites is 4. The van der Waals surface area contributed by atoms with Gasteiger partial charge in [-0.2, -0.15) is 0 Å². The first-order valence-corrected chi connectivity index (χ1v) is 16.3. The van der Waals surface area contributed by atoms with E-state index in [9.17, 15) is 4.79 Å². The number of benzene rings is 6. The van der Waals surface area contributed by atoms with Crippen molar-refractivity contribution in [2.75, 3.05) is 4.90 Å². The molecule has 46 heavy (non-hydrogen) atoms. The summed E-state index contributed by atoms with van der Waals surface area (Å²) >= 11 is 0. The predicted octanol–water partition coefficient (Wildman–Crippen LogP) is 12.7. The third kappa shape index (κ3) is 6.09. The number of anilines is 3. The fourth-order valence-electron chi connectivity index (χ4n) is 6.04. The van der Waals surface area contributed by atoms with Crippen LogP contribution in [0.4, 0.5) is 17.1 Å². The van der Waals surface area contributed by atoms with Crippen molar-refractivity contribution in [2.45, 2.75) is 40.0 Å². The molecule has 0 aliphatic carbocycles. The quantitative estimate of drug-likeness (QED) is 0.162. The SMILES string of the molecule is CC.CCCCC(=O)c1ccc(-c2ccc(N3c4ccccc4Oc4ccccc43)cc2-c2ccccc2)c(-c2ccccc2)c1. The molecular formula is C43H39NO2. The van der Waals surface area contributed by atoms with E-state index in [2.05, 4.69) is 103 Å². The van der Waals surface area contributed by atoms with Crippen LogP contribution >= 0.6 is 0 Å². The van der Waals surface area contributed by atoms with Gasteiger partial charge in [0.1, 0.15) is 0 Å². The highest BCUT2D eigenvalue weighted by atomic mass is 16.5. The zero-order valence-electron chi connectivity index (χ0n) is 26.7. The van der Waals surface area contributed by atoms with Crippen LogP contribution in [0.2, 0.25) is 0 Å². The lowest BCUT2D eigenvalue weighted by Gasteiger charge is -2.33. The van der Waals surface area contributed by atoms with Gasteiger partial charge in [-0.05, 0) is 82.3 Å². The minimum absolute atomic E-state index is 0.193. The Morgan fingerprint density at radius 3 is 1.63 bits per heavy atom. The van der Waals surface area contributed by atoms with E-state index in [1.807, 2.05) is 68.4 Å². The highest BCUT2D eigenvalue weighted by Gasteiger charge is 2.26. The zero-order valence-corrected chi connectivity index (χ0v) is 26.7. The Kier molecular flexibility index (Phi) is 9.40. The molecule has 0 radical (unpaired) electrons. The van der Waals surface area contributed by atoms with E-state index in [1.54, 1.807) is 0 Å². The average Bonchev–Trinajstić information content (AvgIpc) is 3.14. The molecule has 1 aliphatic heterocycles. The molecule has 6 aromatic carbocycles. The van der Waals surface area contributed by atoms with Crippen LogP contribution in [0.3, 0.4) is 0 Å². The zero-order chi connectivity index (χ0) is 31.9. The van der Waals surface area contributed by atoms with Crippen molar-refractivity contribution < 1.29 is 9.53 Å². The fourth-order valence-corrected chi connectivity index (χ4v) is 6.04. The van der Waals surface area contributed by atoms with Crippen molar-refractivity contribution in [3.05, 3.63) is 151 Å². The van der Waals surface area contributed by atoms with Crippen molar-refractivity contribution in [3.63, 3.8) is 0 Å². The molecule has 0 aromatic heterocycles. The van der Waals surface area contributed by atoms with E-state index >= 15 is 0 Å². The molecule has 3 nitrogen and oxygen atoms in total. The number of rotatable bonds is 8. The molecule has 0 fully saturated rings. The largest absolute Gasteiger partial charge is 0.453 e. The number of fused-ring (bicyclic) bond motifs is 2.